The van der Waals surface area contributed by atoms with Crippen LogP contribution < -0.4 is 0 Å². The van der Waals surface area contributed by atoms with Crippen LogP contribution in [-0.4, -0.2) is 72.0 Å². The molecule has 5 aliphatic rings. The molecule has 0 aliphatic carbocycles. The Bertz CT molecular complexity index is 940. The molecule has 0 aromatic carbocycles. The van der Waals surface area contributed by atoms with Gasteiger partial charge in [0.1, 0.15) is 25.4 Å². The third-order valence-corrected chi connectivity index (χ3v) is 9.51. The summed E-state index contributed by atoms with van der Waals surface area (Å²) < 4.78 is 34.9. The quantitative estimate of drug-likeness (QED) is 0.326. The van der Waals surface area contributed by atoms with Gasteiger partial charge in [0.2, 0.25) is 0 Å². The average Bonchev–Trinajstić information content (AvgIpc) is 3.80. The first-order chi connectivity index (χ1) is 17.9. The number of rotatable bonds is 0. The average molecular weight is 533 g/mol. The summed E-state index contributed by atoms with van der Waals surface area (Å²) in [6.07, 6.45) is 10.8. The number of hydrogen-bond donors (Lipinski definition) is 0. The summed E-state index contributed by atoms with van der Waals surface area (Å²) in [4.78, 5) is 25.0. The van der Waals surface area contributed by atoms with Crippen molar-refractivity contribution in [1.82, 2.24) is 0 Å². The molecule has 8 nitrogen and oxygen atoms in total. The highest BCUT2D eigenvalue weighted by atomic mass is 16.6. The molecular weight excluding hydrogens is 488 g/mol. The molecule has 0 saturated carbocycles. The highest BCUT2D eigenvalue weighted by molar-refractivity contribution is 5.88. The second-order valence-electron chi connectivity index (χ2n) is 12.8. The van der Waals surface area contributed by atoms with Crippen molar-refractivity contribution in [3.05, 3.63) is 23.3 Å². The van der Waals surface area contributed by atoms with E-state index in [2.05, 4.69) is 27.7 Å². The van der Waals surface area contributed by atoms with Gasteiger partial charge in [-0.25, -0.2) is 9.59 Å². The summed E-state index contributed by atoms with van der Waals surface area (Å²) in [5.74, 6) is -0.565. The molecule has 212 valence electrons. The van der Waals surface area contributed by atoms with E-state index in [9.17, 15) is 9.59 Å². The minimum absolute atomic E-state index is 0.0733. The predicted molar refractivity (Wildman–Crippen MR) is 139 cm³/mol. The molecule has 0 spiro atoms. The Morgan fingerprint density at radius 2 is 0.921 bits per heavy atom. The zero-order valence-corrected chi connectivity index (χ0v) is 23.8. The summed E-state index contributed by atoms with van der Waals surface area (Å²) in [7, 11) is 0. The molecule has 5 aliphatic heterocycles. The second kappa shape index (κ2) is 10.0. The Hall–Kier alpha value is -1.74. The number of carbonyl (C=O) groups excluding carboxylic acids is 2. The van der Waals surface area contributed by atoms with Crippen LogP contribution in [0.2, 0.25) is 0 Å². The standard InChI is InChI=1S/C30H44O8/c1-19-9-7-13-27(3)21(35-27)11-16-30(6)24(38-30)18-34-26(32)20(2)10-8-14-28(4)22(36-28)12-15-29(5)23(37-29)17-33-25(19)31/h9-10,21-24H,7-8,11-18H2,1-6H3/b19-9+,20-10+/t21-,22+,23-,24-,27-,28+,29-,30-/m0/s1. The van der Waals surface area contributed by atoms with E-state index in [1.165, 1.54) is 0 Å². The summed E-state index contributed by atoms with van der Waals surface area (Å²) in [6.45, 7) is 12.5. The van der Waals surface area contributed by atoms with Gasteiger partial charge in [-0.2, -0.15) is 0 Å². The van der Waals surface area contributed by atoms with E-state index in [0.29, 0.717) is 11.1 Å². The number of esters is 2. The van der Waals surface area contributed by atoms with Crippen LogP contribution in [0.3, 0.4) is 0 Å². The van der Waals surface area contributed by atoms with Gasteiger partial charge in [-0.1, -0.05) is 12.2 Å². The smallest absolute Gasteiger partial charge is 0.333 e. The third-order valence-electron chi connectivity index (χ3n) is 9.51. The fraction of sp³-hybridized carbons (Fsp3) is 0.800. The molecule has 8 heteroatoms. The maximum atomic E-state index is 12.5. The molecule has 0 radical (unpaired) electrons. The van der Waals surface area contributed by atoms with E-state index in [0.717, 1.165) is 51.4 Å². The largest absolute Gasteiger partial charge is 0.459 e. The Morgan fingerprint density at radius 1 is 0.579 bits per heavy atom. The lowest BCUT2D eigenvalue weighted by Crippen LogP contribution is -2.19. The first-order valence-electron chi connectivity index (χ1n) is 14.2. The van der Waals surface area contributed by atoms with Gasteiger partial charge in [-0.15, -0.1) is 0 Å². The van der Waals surface area contributed by atoms with E-state index in [-0.39, 0.29) is 72.0 Å². The van der Waals surface area contributed by atoms with Crippen LogP contribution in [0.25, 0.3) is 0 Å². The first-order valence-corrected chi connectivity index (χ1v) is 14.2. The lowest BCUT2D eigenvalue weighted by molar-refractivity contribution is -0.140. The molecule has 0 aromatic heterocycles. The Morgan fingerprint density at radius 3 is 1.32 bits per heavy atom. The van der Waals surface area contributed by atoms with E-state index in [1.807, 2.05) is 12.2 Å². The van der Waals surface area contributed by atoms with Crippen LogP contribution in [0.15, 0.2) is 23.3 Å². The van der Waals surface area contributed by atoms with Crippen molar-refractivity contribution in [2.45, 2.75) is 140 Å². The van der Waals surface area contributed by atoms with Crippen molar-refractivity contribution in [2.24, 2.45) is 0 Å². The number of ether oxygens (including phenoxy) is 6. The van der Waals surface area contributed by atoms with Crippen LogP contribution >= 0.6 is 0 Å². The minimum Gasteiger partial charge on any atom is -0.459 e. The normalized spacial score (nSPS) is 49.2. The van der Waals surface area contributed by atoms with Crippen LogP contribution in [0, 0.1) is 0 Å². The van der Waals surface area contributed by atoms with Gasteiger partial charge in [0, 0.05) is 11.1 Å². The van der Waals surface area contributed by atoms with Crippen LogP contribution in [0.1, 0.15) is 92.9 Å². The Labute approximate surface area is 226 Å². The Kier molecular flexibility index (Phi) is 7.34. The third kappa shape index (κ3) is 6.19. The number of allylic oxidation sites excluding steroid dienone is 2. The minimum atomic E-state index is -0.283. The van der Waals surface area contributed by atoms with Gasteiger partial charge in [0.25, 0.3) is 0 Å². The van der Waals surface area contributed by atoms with Gasteiger partial charge in [-0.3, -0.25) is 0 Å². The van der Waals surface area contributed by atoms with Crippen molar-refractivity contribution in [3.8, 4) is 0 Å². The second-order valence-corrected chi connectivity index (χ2v) is 12.8. The van der Waals surface area contributed by atoms with Gasteiger partial charge in [0.05, 0.1) is 34.6 Å². The lowest BCUT2D eigenvalue weighted by Gasteiger charge is -2.09. The lowest BCUT2D eigenvalue weighted by atomic mass is 9.93. The monoisotopic (exact) mass is 532 g/mol. The molecule has 0 N–H and O–H groups in total. The molecule has 38 heavy (non-hydrogen) atoms. The number of carbonyl (C=O) groups is 2. The predicted octanol–water partition coefficient (Wildman–Crippen LogP) is 4.73. The zero-order valence-electron chi connectivity index (χ0n) is 23.8. The van der Waals surface area contributed by atoms with Crippen molar-refractivity contribution < 1.29 is 38.0 Å². The van der Waals surface area contributed by atoms with Crippen molar-refractivity contribution in [2.75, 3.05) is 13.2 Å². The molecule has 0 amide bonds. The fourth-order valence-corrected chi connectivity index (χ4v) is 5.88. The number of epoxide rings is 4. The first kappa shape index (κ1) is 27.8. The fourth-order valence-electron chi connectivity index (χ4n) is 5.88. The maximum Gasteiger partial charge on any atom is 0.333 e. The van der Waals surface area contributed by atoms with E-state index in [4.69, 9.17) is 28.4 Å². The summed E-state index contributed by atoms with van der Waals surface area (Å²) >= 11 is 0. The van der Waals surface area contributed by atoms with Crippen molar-refractivity contribution in [3.63, 3.8) is 0 Å². The molecule has 8 atom stereocenters. The zero-order chi connectivity index (χ0) is 27.3. The topological polar surface area (TPSA) is 103 Å². The molecule has 0 aromatic rings. The maximum absolute atomic E-state index is 12.5. The van der Waals surface area contributed by atoms with E-state index >= 15 is 0 Å². The number of hydrogen-bond acceptors (Lipinski definition) is 8. The number of cyclic esters (lactones) is 2. The molecule has 4 saturated heterocycles. The molecular formula is C30H44O8. The summed E-state index contributed by atoms with van der Waals surface area (Å²) in [5.41, 5.74) is 0.348. The molecule has 5 heterocycles. The van der Waals surface area contributed by atoms with Crippen LogP contribution in [-0.2, 0) is 38.0 Å². The SMILES string of the molecule is C/C1=C\CC[C@@]2(C)O[C@@H]2CC[C@]2(C)O[C@H]2COC(=O)/C(C)=C/CC[C@]2(C)O[C@H]2CC[C@]2(C)O[C@H]2COC1=O. The molecule has 0 unspecified atom stereocenters. The van der Waals surface area contributed by atoms with E-state index in [1.54, 1.807) is 13.8 Å². The number of fused-ring (bicyclic) bond motifs is 4. The van der Waals surface area contributed by atoms with Gasteiger partial charge in [0.15, 0.2) is 0 Å². The summed E-state index contributed by atoms with van der Waals surface area (Å²) in [6, 6.07) is 0. The molecule has 4 fully saturated rings. The van der Waals surface area contributed by atoms with E-state index < -0.39 is 0 Å². The van der Waals surface area contributed by atoms with Gasteiger partial charge < -0.3 is 28.4 Å². The van der Waals surface area contributed by atoms with Gasteiger partial charge >= 0.3 is 11.9 Å². The molecule has 0 bridgehead atoms. The summed E-state index contributed by atoms with van der Waals surface area (Å²) in [5, 5.41) is 0. The van der Waals surface area contributed by atoms with Crippen molar-refractivity contribution in [1.29, 1.82) is 0 Å². The van der Waals surface area contributed by atoms with Gasteiger partial charge in [-0.05, 0) is 92.9 Å². The highest BCUT2D eigenvalue weighted by Gasteiger charge is 2.58. The Balaban J connectivity index is 1.17. The highest BCUT2D eigenvalue weighted by Crippen LogP contribution is 2.49. The molecule has 5 rings (SSSR count). The van der Waals surface area contributed by atoms with Crippen LogP contribution in [0.5, 0.6) is 0 Å². The van der Waals surface area contributed by atoms with Crippen molar-refractivity contribution >= 4 is 11.9 Å². The van der Waals surface area contributed by atoms with Crippen LogP contribution in [0.4, 0.5) is 0 Å².